The topological polar surface area (TPSA) is 26.7 Å². The van der Waals surface area contributed by atoms with Crippen LogP contribution in [-0.2, 0) is 18.3 Å². The number of nitrogens with zero attached hydrogens (tertiary/aromatic N) is 2. The highest BCUT2D eigenvalue weighted by Gasteiger charge is 2.43. The van der Waals surface area contributed by atoms with Gasteiger partial charge >= 0.3 is 6.18 Å². The second-order valence-electron chi connectivity index (χ2n) is 8.71. The fourth-order valence-electron chi connectivity index (χ4n) is 5.00. The molecular formula is C24H28ClF3N2O. The number of rotatable bonds is 4. The molecule has 2 aromatic carbocycles. The Labute approximate surface area is 186 Å². The highest BCUT2D eigenvalue weighted by Crippen LogP contribution is 2.44. The van der Waals surface area contributed by atoms with Crippen molar-refractivity contribution in [3.63, 3.8) is 0 Å². The van der Waals surface area contributed by atoms with Crippen molar-refractivity contribution in [2.75, 3.05) is 26.2 Å². The molecule has 1 heterocycles. The average molecular weight is 453 g/mol. The molecule has 3 nitrogen and oxygen atoms in total. The van der Waals surface area contributed by atoms with Crippen LogP contribution in [0.25, 0.3) is 0 Å². The van der Waals surface area contributed by atoms with E-state index >= 15 is 0 Å². The molecular weight excluding hydrogens is 425 g/mol. The maximum Gasteiger partial charge on any atom is 0.416 e. The first-order valence-electron chi connectivity index (χ1n) is 10.9. The van der Waals surface area contributed by atoms with Gasteiger partial charge in [-0.1, -0.05) is 48.0 Å². The molecule has 0 unspecified atom stereocenters. The van der Waals surface area contributed by atoms with Crippen molar-refractivity contribution in [1.29, 1.82) is 0 Å². The summed E-state index contributed by atoms with van der Waals surface area (Å²) in [6.07, 6.45) is -2.35. The molecule has 0 amide bonds. The van der Waals surface area contributed by atoms with Crippen molar-refractivity contribution in [3.8, 4) is 0 Å². The van der Waals surface area contributed by atoms with E-state index in [2.05, 4.69) is 15.9 Å². The number of hydrogen-bond acceptors (Lipinski definition) is 3. The van der Waals surface area contributed by atoms with Gasteiger partial charge in [0.05, 0.1) is 11.2 Å². The van der Waals surface area contributed by atoms with Crippen LogP contribution in [0.1, 0.15) is 42.4 Å². The van der Waals surface area contributed by atoms with Crippen LogP contribution in [0.5, 0.6) is 0 Å². The molecule has 1 saturated heterocycles. The van der Waals surface area contributed by atoms with Gasteiger partial charge in [0, 0.05) is 43.8 Å². The fourth-order valence-corrected chi connectivity index (χ4v) is 5.20. The van der Waals surface area contributed by atoms with E-state index in [-0.39, 0.29) is 5.56 Å². The number of benzene rings is 2. The van der Waals surface area contributed by atoms with Gasteiger partial charge in [-0.05, 0) is 48.9 Å². The van der Waals surface area contributed by atoms with E-state index in [0.29, 0.717) is 31.7 Å². The minimum Gasteiger partial charge on any atom is -0.385 e. The average Bonchev–Trinajstić information content (AvgIpc) is 2.76. The molecule has 1 saturated carbocycles. The van der Waals surface area contributed by atoms with Crippen LogP contribution >= 0.6 is 11.6 Å². The first kappa shape index (κ1) is 22.6. The lowest BCUT2D eigenvalue weighted by molar-refractivity contribution is -0.141. The van der Waals surface area contributed by atoms with E-state index in [1.165, 1.54) is 12.1 Å². The normalized spacial score (nSPS) is 26.2. The maximum absolute atomic E-state index is 13.4. The Kier molecular flexibility index (Phi) is 6.63. The van der Waals surface area contributed by atoms with E-state index in [1.54, 1.807) is 6.07 Å². The second kappa shape index (κ2) is 9.10. The summed E-state index contributed by atoms with van der Waals surface area (Å²) in [7, 11) is 0. The van der Waals surface area contributed by atoms with Crippen molar-refractivity contribution in [2.45, 2.75) is 50.0 Å². The second-order valence-corrected chi connectivity index (χ2v) is 9.12. The molecule has 168 valence electrons. The van der Waals surface area contributed by atoms with E-state index in [0.717, 1.165) is 49.4 Å². The molecule has 0 atom stereocenters. The third-order valence-electron chi connectivity index (χ3n) is 6.79. The Morgan fingerprint density at radius 1 is 0.935 bits per heavy atom. The zero-order valence-electron chi connectivity index (χ0n) is 17.4. The van der Waals surface area contributed by atoms with Crippen LogP contribution in [0.2, 0.25) is 5.02 Å². The monoisotopic (exact) mass is 452 g/mol. The molecule has 2 aliphatic rings. The van der Waals surface area contributed by atoms with Crippen LogP contribution in [0.3, 0.4) is 0 Å². The minimum atomic E-state index is -4.46. The third-order valence-corrected chi connectivity index (χ3v) is 7.16. The molecule has 2 fully saturated rings. The summed E-state index contributed by atoms with van der Waals surface area (Å²) in [5, 5.41) is 11.9. The van der Waals surface area contributed by atoms with Crippen LogP contribution < -0.4 is 0 Å². The van der Waals surface area contributed by atoms with Gasteiger partial charge in [-0.15, -0.1) is 0 Å². The van der Waals surface area contributed by atoms with E-state index in [1.807, 2.05) is 18.2 Å². The molecule has 1 aliphatic carbocycles. The molecule has 0 bridgehead atoms. The number of alkyl halides is 3. The van der Waals surface area contributed by atoms with Gasteiger partial charge in [-0.3, -0.25) is 9.80 Å². The van der Waals surface area contributed by atoms with Crippen LogP contribution in [0.15, 0.2) is 48.5 Å². The zero-order valence-corrected chi connectivity index (χ0v) is 18.2. The van der Waals surface area contributed by atoms with Crippen molar-refractivity contribution in [2.24, 2.45) is 0 Å². The Bertz CT molecular complexity index is 888. The third kappa shape index (κ3) is 5.08. The highest BCUT2D eigenvalue weighted by atomic mass is 35.5. The molecule has 4 rings (SSSR count). The summed E-state index contributed by atoms with van der Waals surface area (Å²) in [6.45, 7) is 4.54. The summed E-state index contributed by atoms with van der Waals surface area (Å²) in [5.41, 5.74) is -0.979. The van der Waals surface area contributed by atoms with Crippen molar-refractivity contribution in [1.82, 2.24) is 9.80 Å². The number of hydrogen-bond donors (Lipinski definition) is 1. The highest BCUT2D eigenvalue weighted by molar-refractivity contribution is 6.31. The SMILES string of the molecule is OC1(c2ccccc2C(F)(F)F)CCC(N2CCN(Cc3ccccc3Cl)CC2)CC1. The number of halogens is 4. The Morgan fingerprint density at radius 3 is 2.19 bits per heavy atom. The van der Waals surface area contributed by atoms with Gasteiger partial charge < -0.3 is 5.11 Å². The molecule has 0 radical (unpaired) electrons. The van der Waals surface area contributed by atoms with E-state index < -0.39 is 17.3 Å². The summed E-state index contributed by atoms with van der Waals surface area (Å²) in [4.78, 5) is 4.81. The summed E-state index contributed by atoms with van der Waals surface area (Å²) >= 11 is 6.28. The van der Waals surface area contributed by atoms with Crippen molar-refractivity contribution >= 4 is 11.6 Å². The molecule has 0 spiro atoms. The van der Waals surface area contributed by atoms with Gasteiger partial charge in [-0.25, -0.2) is 0 Å². The quantitative estimate of drug-likeness (QED) is 0.681. The smallest absolute Gasteiger partial charge is 0.385 e. The molecule has 2 aromatic rings. The standard InChI is InChI=1S/C24H28ClF3N2O/c25-22-8-4-1-5-18(22)17-29-13-15-30(16-14-29)19-9-11-23(31,12-10-19)20-6-2-3-7-21(20)24(26,27)28/h1-8,19,31H,9-17H2. The minimum absolute atomic E-state index is 0.0190. The molecule has 1 aliphatic heterocycles. The van der Waals surface area contributed by atoms with E-state index in [9.17, 15) is 18.3 Å². The van der Waals surface area contributed by atoms with Gasteiger partial charge in [0.1, 0.15) is 0 Å². The first-order valence-corrected chi connectivity index (χ1v) is 11.2. The van der Waals surface area contributed by atoms with Crippen LogP contribution in [0, 0.1) is 0 Å². The molecule has 0 aromatic heterocycles. The van der Waals surface area contributed by atoms with Gasteiger partial charge in [0.25, 0.3) is 0 Å². The number of aliphatic hydroxyl groups is 1. The largest absolute Gasteiger partial charge is 0.416 e. The summed E-state index contributed by atoms with van der Waals surface area (Å²) in [5.74, 6) is 0. The lowest BCUT2D eigenvalue weighted by atomic mass is 9.75. The van der Waals surface area contributed by atoms with Gasteiger partial charge in [-0.2, -0.15) is 13.2 Å². The van der Waals surface area contributed by atoms with Crippen LogP contribution in [-0.4, -0.2) is 47.1 Å². The zero-order chi connectivity index (χ0) is 22.1. The lowest BCUT2D eigenvalue weighted by Crippen LogP contribution is -2.52. The van der Waals surface area contributed by atoms with Gasteiger partial charge in [0.15, 0.2) is 0 Å². The van der Waals surface area contributed by atoms with Crippen molar-refractivity contribution < 1.29 is 18.3 Å². The summed E-state index contributed by atoms with van der Waals surface area (Å²) < 4.78 is 40.3. The molecule has 31 heavy (non-hydrogen) atoms. The lowest BCUT2D eigenvalue weighted by Gasteiger charge is -2.44. The van der Waals surface area contributed by atoms with Crippen LogP contribution in [0.4, 0.5) is 13.2 Å². The fraction of sp³-hybridized carbons (Fsp3) is 0.500. The number of piperazine rings is 1. The Balaban J connectivity index is 1.33. The Hall–Kier alpha value is -1.60. The van der Waals surface area contributed by atoms with Crippen molar-refractivity contribution in [3.05, 3.63) is 70.2 Å². The predicted molar refractivity (Wildman–Crippen MR) is 116 cm³/mol. The predicted octanol–water partition coefficient (Wildman–Crippen LogP) is 5.31. The maximum atomic E-state index is 13.4. The van der Waals surface area contributed by atoms with E-state index in [4.69, 9.17) is 11.6 Å². The Morgan fingerprint density at radius 2 is 1.55 bits per heavy atom. The molecule has 1 N–H and O–H groups in total. The first-order chi connectivity index (χ1) is 14.8. The van der Waals surface area contributed by atoms with Gasteiger partial charge in [0.2, 0.25) is 0 Å². The molecule has 7 heteroatoms. The summed E-state index contributed by atoms with van der Waals surface area (Å²) in [6, 6.07) is 13.6.